The largest absolute Gasteiger partial charge is 0.462 e. The maximum absolute atomic E-state index is 11.9. The molecule has 2 rings (SSSR count). The van der Waals surface area contributed by atoms with E-state index in [9.17, 15) is 4.79 Å². The zero-order valence-electron chi connectivity index (χ0n) is 13.0. The van der Waals surface area contributed by atoms with E-state index < -0.39 is 0 Å². The lowest BCUT2D eigenvalue weighted by Gasteiger charge is -2.40. The second kappa shape index (κ2) is 6.91. The molecule has 1 amide bonds. The van der Waals surface area contributed by atoms with Crippen molar-refractivity contribution in [3.8, 4) is 0 Å². The zero-order valence-corrected chi connectivity index (χ0v) is 13.0. The standard InChI is InChI=1S/C16H24N2O3/c1-13-4-5-14(21-13)6-7-15(19)17-12-16(2,3)18-8-10-20-11-9-18/h4-7H,8-12H2,1-3H3,(H,17,19)/b7-6+. The number of nitrogens with zero attached hydrogens (tertiary/aromatic N) is 1. The number of carbonyl (C=O) groups is 1. The third-order valence-corrected chi connectivity index (χ3v) is 3.72. The van der Waals surface area contributed by atoms with E-state index in [0.29, 0.717) is 12.3 Å². The molecule has 0 radical (unpaired) electrons. The summed E-state index contributed by atoms with van der Waals surface area (Å²) < 4.78 is 10.7. The van der Waals surface area contributed by atoms with Crippen molar-refractivity contribution in [2.24, 2.45) is 0 Å². The minimum atomic E-state index is -0.106. The number of rotatable bonds is 5. The average Bonchev–Trinajstić information content (AvgIpc) is 2.90. The summed E-state index contributed by atoms with van der Waals surface area (Å²) in [5, 5.41) is 2.95. The van der Waals surface area contributed by atoms with Gasteiger partial charge in [0.2, 0.25) is 5.91 Å². The van der Waals surface area contributed by atoms with Crippen LogP contribution >= 0.6 is 0 Å². The summed E-state index contributed by atoms with van der Waals surface area (Å²) in [6.45, 7) is 10.1. The lowest BCUT2D eigenvalue weighted by atomic mass is 10.0. The van der Waals surface area contributed by atoms with E-state index in [1.807, 2.05) is 19.1 Å². The number of amides is 1. The van der Waals surface area contributed by atoms with Crippen LogP contribution in [0.4, 0.5) is 0 Å². The Bertz CT molecular complexity index is 499. The highest BCUT2D eigenvalue weighted by molar-refractivity contribution is 5.91. The number of hydrogen-bond acceptors (Lipinski definition) is 4. The Balaban J connectivity index is 1.81. The molecule has 21 heavy (non-hydrogen) atoms. The van der Waals surface area contributed by atoms with Crippen LogP contribution in [0, 0.1) is 6.92 Å². The van der Waals surface area contributed by atoms with Gasteiger partial charge in [-0.2, -0.15) is 0 Å². The van der Waals surface area contributed by atoms with Crippen LogP contribution in [0.3, 0.4) is 0 Å². The topological polar surface area (TPSA) is 54.7 Å². The van der Waals surface area contributed by atoms with Crippen molar-refractivity contribution in [2.75, 3.05) is 32.8 Å². The quantitative estimate of drug-likeness (QED) is 0.841. The number of carbonyl (C=O) groups excluding carboxylic acids is 1. The van der Waals surface area contributed by atoms with E-state index in [4.69, 9.17) is 9.15 Å². The van der Waals surface area contributed by atoms with Crippen molar-refractivity contribution in [3.63, 3.8) is 0 Å². The lowest BCUT2D eigenvalue weighted by Crippen LogP contribution is -2.55. The van der Waals surface area contributed by atoms with Crippen LogP contribution in [0.15, 0.2) is 22.6 Å². The highest BCUT2D eigenvalue weighted by atomic mass is 16.5. The first-order valence-corrected chi connectivity index (χ1v) is 7.32. The van der Waals surface area contributed by atoms with Crippen molar-refractivity contribution in [1.29, 1.82) is 0 Å². The minimum absolute atomic E-state index is 0.0749. The van der Waals surface area contributed by atoms with E-state index in [0.717, 1.165) is 32.1 Å². The van der Waals surface area contributed by atoms with Gasteiger partial charge >= 0.3 is 0 Å². The van der Waals surface area contributed by atoms with Gasteiger partial charge in [0.05, 0.1) is 13.2 Å². The normalized spacial score (nSPS) is 17.3. The highest BCUT2D eigenvalue weighted by Gasteiger charge is 2.28. The summed E-state index contributed by atoms with van der Waals surface area (Å²) in [4.78, 5) is 14.2. The first kappa shape index (κ1) is 15.8. The van der Waals surface area contributed by atoms with E-state index in [-0.39, 0.29) is 11.4 Å². The third-order valence-electron chi connectivity index (χ3n) is 3.72. The minimum Gasteiger partial charge on any atom is -0.462 e. The van der Waals surface area contributed by atoms with Gasteiger partial charge < -0.3 is 14.5 Å². The van der Waals surface area contributed by atoms with Gasteiger partial charge in [-0.25, -0.2) is 0 Å². The molecule has 1 saturated heterocycles. The molecule has 5 nitrogen and oxygen atoms in total. The summed E-state index contributed by atoms with van der Waals surface area (Å²) in [6, 6.07) is 3.72. The van der Waals surface area contributed by atoms with Gasteiger partial charge in [0, 0.05) is 31.2 Å². The Morgan fingerprint density at radius 2 is 2.10 bits per heavy atom. The molecule has 0 atom stereocenters. The molecule has 116 valence electrons. The van der Waals surface area contributed by atoms with E-state index in [1.165, 1.54) is 6.08 Å². The third kappa shape index (κ3) is 4.72. The smallest absolute Gasteiger partial charge is 0.244 e. The number of morpholine rings is 1. The average molecular weight is 292 g/mol. The van der Waals surface area contributed by atoms with Crippen LogP contribution in [0.2, 0.25) is 0 Å². The van der Waals surface area contributed by atoms with Crippen molar-refractivity contribution in [3.05, 3.63) is 29.7 Å². The Morgan fingerprint density at radius 1 is 1.38 bits per heavy atom. The van der Waals surface area contributed by atoms with Crippen molar-refractivity contribution >= 4 is 12.0 Å². The van der Waals surface area contributed by atoms with Gasteiger partial charge in [0.25, 0.3) is 0 Å². The van der Waals surface area contributed by atoms with Crippen molar-refractivity contribution in [1.82, 2.24) is 10.2 Å². The Hall–Kier alpha value is -1.59. The molecule has 0 spiro atoms. The van der Waals surface area contributed by atoms with E-state index in [2.05, 4.69) is 24.1 Å². The molecule has 2 heterocycles. The van der Waals surface area contributed by atoms with Gasteiger partial charge in [-0.3, -0.25) is 9.69 Å². The van der Waals surface area contributed by atoms with Crippen LogP contribution in [0.25, 0.3) is 6.08 Å². The molecular weight excluding hydrogens is 268 g/mol. The fraction of sp³-hybridized carbons (Fsp3) is 0.562. The van der Waals surface area contributed by atoms with Gasteiger partial charge in [0.15, 0.2) is 0 Å². The fourth-order valence-electron chi connectivity index (χ4n) is 2.34. The number of aryl methyl sites for hydroxylation is 1. The Morgan fingerprint density at radius 3 is 2.71 bits per heavy atom. The van der Waals surface area contributed by atoms with Crippen LogP contribution < -0.4 is 5.32 Å². The Labute approximate surface area is 125 Å². The summed E-state index contributed by atoms with van der Waals surface area (Å²) in [6.07, 6.45) is 3.19. The summed E-state index contributed by atoms with van der Waals surface area (Å²) >= 11 is 0. The van der Waals surface area contributed by atoms with Gasteiger partial charge in [0.1, 0.15) is 11.5 Å². The molecule has 5 heteroatoms. The zero-order chi connectivity index (χ0) is 15.3. The molecule has 1 aliphatic heterocycles. The SMILES string of the molecule is Cc1ccc(/C=C/C(=O)NCC(C)(C)N2CCOCC2)o1. The van der Waals surface area contributed by atoms with Gasteiger partial charge in [-0.15, -0.1) is 0 Å². The second-order valence-corrected chi connectivity index (χ2v) is 5.91. The maximum atomic E-state index is 11.9. The van der Waals surface area contributed by atoms with Crippen LogP contribution in [0.1, 0.15) is 25.4 Å². The predicted octanol–water partition coefficient (Wildman–Crippen LogP) is 1.83. The van der Waals surface area contributed by atoms with Gasteiger partial charge in [-0.05, 0) is 39.0 Å². The van der Waals surface area contributed by atoms with Crippen LogP contribution in [0.5, 0.6) is 0 Å². The molecule has 1 N–H and O–H groups in total. The summed E-state index contributed by atoms with van der Waals surface area (Å²) in [5.74, 6) is 1.42. The van der Waals surface area contributed by atoms with E-state index >= 15 is 0 Å². The first-order valence-electron chi connectivity index (χ1n) is 7.32. The molecule has 1 aromatic heterocycles. The predicted molar refractivity (Wildman–Crippen MR) is 82.0 cm³/mol. The maximum Gasteiger partial charge on any atom is 0.244 e. The highest BCUT2D eigenvalue weighted by Crippen LogP contribution is 2.15. The van der Waals surface area contributed by atoms with Crippen molar-refractivity contribution in [2.45, 2.75) is 26.3 Å². The molecule has 0 unspecified atom stereocenters. The van der Waals surface area contributed by atoms with Crippen LogP contribution in [-0.2, 0) is 9.53 Å². The second-order valence-electron chi connectivity index (χ2n) is 5.91. The molecular formula is C16H24N2O3. The van der Waals surface area contributed by atoms with Crippen molar-refractivity contribution < 1.29 is 13.9 Å². The number of nitrogens with one attached hydrogen (secondary N) is 1. The number of hydrogen-bond donors (Lipinski definition) is 1. The fourth-order valence-corrected chi connectivity index (χ4v) is 2.34. The Kier molecular flexibility index (Phi) is 5.20. The molecule has 0 saturated carbocycles. The number of ether oxygens (including phenoxy) is 1. The molecule has 0 aromatic carbocycles. The summed E-state index contributed by atoms with van der Waals surface area (Å²) in [5.41, 5.74) is -0.0749. The summed E-state index contributed by atoms with van der Waals surface area (Å²) in [7, 11) is 0. The molecule has 1 aliphatic rings. The van der Waals surface area contributed by atoms with E-state index in [1.54, 1.807) is 6.08 Å². The monoisotopic (exact) mass is 292 g/mol. The van der Waals surface area contributed by atoms with Crippen LogP contribution in [-0.4, -0.2) is 49.2 Å². The molecule has 1 aromatic rings. The molecule has 1 fully saturated rings. The molecule has 0 aliphatic carbocycles. The number of furan rings is 1. The van der Waals surface area contributed by atoms with Gasteiger partial charge in [-0.1, -0.05) is 0 Å². The lowest BCUT2D eigenvalue weighted by molar-refractivity contribution is -0.117. The molecule has 0 bridgehead atoms. The first-order chi connectivity index (χ1) is 9.97.